The Bertz CT molecular complexity index is 1050. The number of halogens is 1. The number of benzene rings is 2. The van der Waals surface area contributed by atoms with Gasteiger partial charge in [0.2, 0.25) is 0 Å². The highest BCUT2D eigenvalue weighted by Gasteiger charge is 2.13. The predicted octanol–water partition coefficient (Wildman–Crippen LogP) is 4.13. The van der Waals surface area contributed by atoms with Crippen LogP contribution in [0.2, 0.25) is 5.02 Å². The van der Waals surface area contributed by atoms with Gasteiger partial charge in [0.25, 0.3) is 11.8 Å². The molecule has 0 spiro atoms. The molecular formula is C20H17ClN4O3S. The molecule has 0 aliphatic carbocycles. The average molecular weight is 429 g/mol. The molecule has 0 saturated carbocycles. The number of aryl methyl sites for hydroxylation is 1. The number of carbonyl (C=O) groups is 2. The van der Waals surface area contributed by atoms with E-state index in [1.807, 2.05) is 6.92 Å². The van der Waals surface area contributed by atoms with Crippen molar-refractivity contribution in [3.8, 4) is 0 Å². The molecule has 148 valence electrons. The third-order valence-electron chi connectivity index (χ3n) is 3.86. The van der Waals surface area contributed by atoms with E-state index in [0.717, 1.165) is 5.56 Å². The lowest BCUT2D eigenvalue weighted by Gasteiger charge is -2.13. The molecule has 0 atom stereocenters. The van der Waals surface area contributed by atoms with Crippen molar-refractivity contribution in [3.05, 3.63) is 82.8 Å². The molecule has 7 nitrogen and oxygen atoms in total. The molecule has 3 rings (SSSR count). The van der Waals surface area contributed by atoms with Crippen LogP contribution in [0.3, 0.4) is 0 Å². The van der Waals surface area contributed by atoms with Crippen LogP contribution in [-0.4, -0.2) is 16.9 Å². The predicted molar refractivity (Wildman–Crippen MR) is 116 cm³/mol. The third kappa shape index (κ3) is 5.56. The molecule has 0 unspecified atom stereocenters. The molecule has 0 fully saturated rings. The Morgan fingerprint density at radius 3 is 2.52 bits per heavy atom. The van der Waals surface area contributed by atoms with Gasteiger partial charge in [0, 0.05) is 22.0 Å². The second kappa shape index (κ2) is 9.22. The number of furan rings is 1. The van der Waals surface area contributed by atoms with Crippen LogP contribution in [0.25, 0.3) is 0 Å². The molecule has 9 heteroatoms. The first-order chi connectivity index (χ1) is 13.9. The zero-order chi connectivity index (χ0) is 20.8. The fraction of sp³-hybridized carbons (Fsp3) is 0.0500. The van der Waals surface area contributed by atoms with E-state index in [2.05, 4.69) is 21.5 Å². The lowest BCUT2D eigenvalue weighted by atomic mass is 10.1. The molecule has 1 heterocycles. The van der Waals surface area contributed by atoms with Crippen molar-refractivity contribution in [2.75, 3.05) is 10.6 Å². The first kappa shape index (κ1) is 20.4. The lowest BCUT2D eigenvalue weighted by molar-refractivity contribution is 0.0942. The summed E-state index contributed by atoms with van der Waals surface area (Å²) in [4.78, 5) is 24.6. The Morgan fingerprint density at radius 2 is 1.79 bits per heavy atom. The number of hydrogen-bond acceptors (Lipinski definition) is 4. The van der Waals surface area contributed by atoms with E-state index in [9.17, 15) is 9.59 Å². The topological polar surface area (TPSA) is 95.4 Å². The molecule has 4 N–H and O–H groups in total. The molecule has 1 aromatic heterocycles. The Morgan fingerprint density at radius 1 is 0.966 bits per heavy atom. The third-order valence-corrected chi connectivity index (χ3v) is 4.30. The van der Waals surface area contributed by atoms with E-state index < -0.39 is 11.8 Å². The highest BCUT2D eigenvalue weighted by atomic mass is 35.5. The zero-order valence-electron chi connectivity index (χ0n) is 15.3. The summed E-state index contributed by atoms with van der Waals surface area (Å²) >= 11 is 11.1. The van der Waals surface area contributed by atoms with Crippen LogP contribution in [0.5, 0.6) is 0 Å². The molecular weight excluding hydrogens is 412 g/mol. The summed E-state index contributed by atoms with van der Waals surface area (Å²) in [7, 11) is 0. The van der Waals surface area contributed by atoms with Gasteiger partial charge >= 0.3 is 0 Å². The Labute approximate surface area is 177 Å². The summed E-state index contributed by atoms with van der Waals surface area (Å²) in [5, 5.41) is 6.39. The van der Waals surface area contributed by atoms with Crippen molar-refractivity contribution in [1.29, 1.82) is 0 Å². The van der Waals surface area contributed by atoms with Gasteiger partial charge in [0.15, 0.2) is 10.9 Å². The fourth-order valence-corrected chi connectivity index (χ4v) is 2.76. The number of nitrogens with one attached hydrogen (secondary N) is 4. The van der Waals surface area contributed by atoms with Crippen LogP contribution in [0, 0.1) is 6.92 Å². The molecule has 0 aliphatic rings. The maximum atomic E-state index is 12.4. The fourth-order valence-electron chi connectivity index (χ4n) is 2.40. The van der Waals surface area contributed by atoms with Gasteiger partial charge in [-0.3, -0.25) is 20.4 Å². The summed E-state index contributed by atoms with van der Waals surface area (Å²) < 4.78 is 5.08. The quantitative estimate of drug-likeness (QED) is 0.369. The zero-order valence-corrected chi connectivity index (χ0v) is 16.9. The van der Waals surface area contributed by atoms with E-state index >= 15 is 0 Å². The van der Waals surface area contributed by atoms with Gasteiger partial charge < -0.3 is 15.1 Å². The standard InChI is InChI=1S/C20H17ClN4O3S/c1-12-7-8-13(10-16(12)23-19(27)17-6-3-9-28-17)18(26)24-25-20(29)22-15-5-2-4-14(21)11-15/h2-11H,1H3,(H,23,27)(H,24,26)(H2,22,25,29). The average Bonchev–Trinajstić information content (AvgIpc) is 3.23. The molecule has 3 aromatic rings. The highest BCUT2D eigenvalue weighted by molar-refractivity contribution is 7.80. The molecule has 2 amide bonds. The van der Waals surface area contributed by atoms with Gasteiger partial charge in [0.1, 0.15) is 0 Å². The summed E-state index contributed by atoms with van der Waals surface area (Å²) in [5.41, 5.74) is 7.44. The van der Waals surface area contributed by atoms with E-state index in [-0.39, 0.29) is 10.9 Å². The van der Waals surface area contributed by atoms with Gasteiger partial charge in [0.05, 0.1) is 6.26 Å². The van der Waals surface area contributed by atoms with Crippen molar-refractivity contribution in [1.82, 2.24) is 10.9 Å². The van der Waals surface area contributed by atoms with Crippen LogP contribution >= 0.6 is 23.8 Å². The second-order valence-electron chi connectivity index (χ2n) is 6.00. The number of carbonyl (C=O) groups excluding carboxylic acids is 2. The van der Waals surface area contributed by atoms with Gasteiger partial charge in [-0.25, -0.2) is 0 Å². The monoisotopic (exact) mass is 428 g/mol. The summed E-state index contributed by atoms with van der Waals surface area (Å²) in [6.07, 6.45) is 1.41. The Hall–Kier alpha value is -3.36. The Balaban J connectivity index is 1.60. The molecule has 0 radical (unpaired) electrons. The van der Waals surface area contributed by atoms with Gasteiger partial charge in [-0.1, -0.05) is 23.7 Å². The molecule has 0 aliphatic heterocycles. The van der Waals surface area contributed by atoms with E-state index in [1.54, 1.807) is 54.6 Å². The second-order valence-corrected chi connectivity index (χ2v) is 6.85. The van der Waals surface area contributed by atoms with Crippen LogP contribution in [0.4, 0.5) is 11.4 Å². The van der Waals surface area contributed by atoms with Crippen LogP contribution in [0.15, 0.2) is 65.3 Å². The normalized spacial score (nSPS) is 10.1. The molecule has 29 heavy (non-hydrogen) atoms. The minimum atomic E-state index is -0.422. The van der Waals surface area contributed by atoms with Crippen molar-refractivity contribution in [2.24, 2.45) is 0 Å². The minimum absolute atomic E-state index is 0.179. The van der Waals surface area contributed by atoms with Crippen molar-refractivity contribution in [2.45, 2.75) is 6.92 Å². The van der Waals surface area contributed by atoms with Crippen LogP contribution < -0.4 is 21.5 Å². The lowest BCUT2D eigenvalue weighted by Crippen LogP contribution is -2.43. The van der Waals surface area contributed by atoms with E-state index in [0.29, 0.717) is 22.0 Å². The van der Waals surface area contributed by atoms with E-state index in [1.165, 1.54) is 6.26 Å². The minimum Gasteiger partial charge on any atom is -0.459 e. The smallest absolute Gasteiger partial charge is 0.291 e. The van der Waals surface area contributed by atoms with Crippen molar-refractivity contribution in [3.63, 3.8) is 0 Å². The number of anilines is 2. The number of hydrazine groups is 1. The van der Waals surface area contributed by atoms with Crippen molar-refractivity contribution >= 4 is 52.1 Å². The van der Waals surface area contributed by atoms with Crippen LogP contribution in [0.1, 0.15) is 26.5 Å². The first-order valence-corrected chi connectivity index (χ1v) is 9.29. The summed E-state index contributed by atoms with van der Waals surface area (Å²) in [6, 6.07) is 15.1. The summed E-state index contributed by atoms with van der Waals surface area (Å²) in [6.45, 7) is 1.82. The van der Waals surface area contributed by atoms with Gasteiger partial charge in [-0.2, -0.15) is 0 Å². The van der Waals surface area contributed by atoms with Gasteiger partial charge in [-0.15, -0.1) is 0 Å². The molecule has 0 bridgehead atoms. The number of amides is 2. The SMILES string of the molecule is Cc1ccc(C(=O)NNC(=S)Nc2cccc(Cl)c2)cc1NC(=O)c1ccco1. The maximum Gasteiger partial charge on any atom is 0.291 e. The maximum absolute atomic E-state index is 12.4. The van der Waals surface area contributed by atoms with E-state index in [4.69, 9.17) is 28.2 Å². The number of thiocarbonyl (C=S) groups is 1. The summed E-state index contributed by atoms with van der Waals surface area (Å²) in [5.74, 6) is -0.646. The number of rotatable bonds is 4. The van der Waals surface area contributed by atoms with Gasteiger partial charge in [-0.05, 0) is 67.2 Å². The largest absolute Gasteiger partial charge is 0.459 e. The molecule has 0 saturated heterocycles. The van der Waals surface area contributed by atoms with Crippen molar-refractivity contribution < 1.29 is 14.0 Å². The highest BCUT2D eigenvalue weighted by Crippen LogP contribution is 2.18. The number of hydrogen-bond donors (Lipinski definition) is 4. The Kier molecular flexibility index (Phi) is 6.48. The molecule has 2 aromatic carbocycles. The first-order valence-electron chi connectivity index (χ1n) is 8.51. The van der Waals surface area contributed by atoms with Crippen LogP contribution in [-0.2, 0) is 0 Å².